The number of carbonyl (C=O) groups is 2. The van der Waals surface area contributed by atoms with Crippen LogP contribution in [0.5, 0.6) is 0 Å². The van der Waals surface area contributed by atoms with Crippen molar-refractivity contribution in [1.29, 1.82) is 0 Å². The van der Waals surface area contributed by atoms with Crippen LogP contribution in [0.3, 0.4) is 0 Å². The van der Waals surface area contributed by atoms with Gasteiger partial charge in [0.2, 0.25) is 0 Å². The van der Waals surface area contributed by atoms with E-state index in [1.807, 2.05) is 24.4 Å². The molecule has 3 N–H and O–H groups in total. The first-order valence-corrected chi connectivity index (χ1v) is 8.76. The molecule has 2 aromatic carbocycles. The molecule has 1 aromatic heterocycles. The van der Waals surface area contributed by atoms with E-state index in [0.29, 0.717) is 23.0 Å². The van der Waals surface area contributed by atoms with Crippen LogP contribution in [0.1, 0.15) is 23.2 Å². The summed E-state index contributed by atoms with van der Waals surface area (Å²) in [6.07, 6.45) is 5.63. The fourth-order valence-corrected chi connectivity index (χ4v) is 2.61. The molecule has 0 atom stereocenters. The first-order valence-electron chi connectivity index (χ1n) is 8.76. The Labute approximate surface area is 156 Å². The highest BCUT2D eigenvalue weighted by atomic mass is 16.2. The van der Waals surface area contributed by atoms with Crippen molar-refractivity contribution >= 4 is 23.3 Å². The van der Waals surface area contributed by atoms with Crippen LogP contribution >= 0.6 is 0 Å². The van der Waals surface area contributed by atoms with Gasteiger partial charge in [0, 0.05) is 35.4 Å². The normalized spacial score (nSPS) is 13.0. The SMILES string of the molecule is O=C(Nc1ccc(NC(=O)c2ccc(-n3cccn3)cc2)cc1)NC1CC1. The van der Waals surface area contributed by atoms with Crippen molar-refractivity contribution in [2.75, 3.05) is 10.6 Å². The van der Waals surface area contributed by atoms with Gasteiger partial charge in [0.05, 0.1) is 5.69 Å². The summed E-state index contributed by atoms with van der Waals surface area (Å²) >= 11 is 0. The van der Waals surface area contributed by atoms with Gasteiger partial charge < -0.3 is 16.0 Å². The monoisotopic (exact) mass is 361 g/mol. The van der Waals surface area contributed by atoms with Crippen LogP contribution in [-0.4, -0.2) is 27.8 Å². The molecule has 1 heterocycles. The molecule has 4 rings (SSSR count). The summed E-state index contributed by atoms with van der Waals surface area (Å²) in [6.45, 7) is 0. The molecule has 0 radical (unpaired) electrons. The van der Waals surface area contributed by atoms with Crippen molar-refractivity contribution < 1.29 is 9.59 Å². The van der Waals surface area contributed by atoms with Gasteiger partial charge in [0.1, 0.15) is 0 Å². The van der Waals surface area contributed by atoms with Crippen LogP contribution in [0, 0.1) is 0 Å². The van der Waals surface area contributed by atoms with E-state index in [4.69, 9.17) is 0 Å². The minimum Gasteiger partial charge on any atom is -0.335 e. The molecule has 0 unspecified atom stereocenters. The Morgan fingerprint density at radius 1 is 0.926 bits per heavy atom. The maximum Gasteiger partial charge on any atom is 0.319 e. The molecule has 0 spiro atoms. The average molecular weight is 361 g/mol. The van der Waals surface area contributed by atoms with E-state index in [2.05, 4.69) is 21.0 Å². The van der Waals surface area contributed by atoms with E-state index in [1.54, 1.807) is 47.3 Å². The molecule has 1 fully saturated rings. The minimum atomic E-state index is -0.202. The van der Waals surface area contributed by atoms with Gasteiger partial charge in [-0.3, -0.25) is 4.79 Å². The lowest BCUT2D eigenvalue weighted by atomic mass is 10.2. The third-order valence-corrected chi connectivity index (χ3v) is 4.21. The standard InChI is InChI=1S/C20H19N5O2/c26-19(14-2-10-18(11-3-14)25-13-1-12-21-25)22-15-4-6-16(7-5-15)23-20(27)24-17-8-9-17/h1-7,10-13,17H,8-9H2,(H,22,26)(H2,23,24,27). The number of amides is 3. The van der Waals surface area contributed by atoms with Gasteiger partial charge in [-0.15, -0.1) is 0 Å². The summed E-state index contributed by atoms with van der Waals surface area (Å²) in [5.74, 6) is -0.200. The van der Waals surface area contributed by atoms with E-state index in [-0.39, 0.29) is 11.9 Å². The number of nitrogens with zero attached hydrogens (tertiary/aromatic N) is 2. The van der Waals surface area contributed by atoms with E-state index in [0.717, 1.165) is 18.5 Å². The molecule has 3 amide bonds. The summed E-state index contributed by atoms with van der Waals surface area (Å²) in [5.41, 5.74) is 2.77. The number of hydrogen-bond donors (Lipinski definition) is 3. The van der Waals surface area contributed by atoms with Crippen molar-refractivity contribution in [2.24, 2.45) is 0 Å². The lowest BCUT2D eigenvalue weighted by molar-refractivity contribution is 0.102. The van der Waals surface area contributed by atoms with Crippen molar-refractivity contribution in [3.05, 3.63) is 72.6 Å². The summed E-state index contributed by atoms with van der Waals surface area (Å²) in [7, 11) is 0. The number of rotatable bonds is 5. The first-order chi connectivity index (χ1) is 13.2. The van der Waals surface area contributed by atoms with Gasteiger partial charge >= 0.3 is 6.03 Å². The molecular formula is C20H19N5O2. The quantitative estimate of drug-likeness (QED) is 0.651. The molecule has 27 heavy (non-hydrogen) atoms. The topological polar surface area (TPSA) is 88.1 Å². The highest BCUT2D eigenvalue weighted by molar-refractivity contribution is 6.04. The molecule has 3 aromatic rings. The smallest absolute Gasteiger partial charge is 0.319 e. The molecule has 0 saturated heterocycles. The number of hydrogen-bond acceptors (Lipinski definition) is 3. The maximum atomic E-state index is 12.4. The second-order valence-electron chi connectivity index (χ2n) is 6.40. The molecule has 7 nitrogen and oxygen atoms in total. The van der Waals surface area contributed by atoms with E-state index >= 15 is 0 Å². The van der Waals surface area contributed by atoms with E-state index in [1.165, 1.54) is 0 Å². The van der Waals surface area contributed by atoms with Crippen LogP contribution in [0.2, 0.25) is 0 Å². The van der Waals surface area contributed by atoms with Crippen molar-refractivity contribution in [2.45, 2.75) is 18.9 Å². The number of aromatic nitrogens is 2. The second kappa shape index (κ2) is 7.33. The molecular weight excluding hydrogens is 342 g/mol. The Hall–Kier alpha value is -3.61. The number of benzene rings is 2. The average Bonchev–Trinajstić information content (AvgIpc) is 3.32. The Kier molecular flexibility index (Phi) is 4.57. The molecule has 136 valence electrons. The zero-order valence-electron chi connectivity index (χ0n) is 14.6. The maximum absolute atomic E-state index is 12.4. The number of nitrogens with one attached hydrogen (secondary N) is 3. The molecule has 1 aliphatic rings. The van der Waals surface area contributed by atoms with Gasteiger partial charge in [-0.2, -0.15) is 5.10 Å². The van der Waals surface area contributed by atoms with Crippen LogP contribution in [-0.2, 0) is 0 Å². The fourth-order valence-electron chi connectivity index (χ4n) is 2.61. The van der Waals surface area contributed by atoms with Gasteiger partial charge in [0.15, 0.2) is 0 Å². The van der Waals surface area contributed by atoms with Crippen LogP contribution in [0.15, 0.2) is 67.0 Å². The van der Waals surface area contributed by atoms with Crippen molar-refractivity contribution in [3.63, 3.8) is 0 Å². The summed E-state index contributed by atoms with van der Waals surface area (Å²) in [5, 5.41) is 12.6. The van der Waals surface area contributed by atoms with Gasteiger partial charge in [-0.25, -0.2) is 9.48 Å². The second-order valence-corrected chi connectivity index (χ2v) is 6.40. The van der Waals surface area contributed by atoms with Crippen molar-refractivity contribution in [1.82, 2.24) is 15.1 Å². The Bertz CT molecular complexity index is 930. The predicted octanol–water partition coefficient (Wildman–Crippen LogP) is 3.41. The summed E-state index contributed by atoms with van der Waals surface area (Å²) < 4.78 is 1.73. The number of anilines is 2. The van der Waals surface area contributed by atoms with Crippen LogP contribution in [0.4, 0.5) is 16.2 Å². The molecule has 1 saturated carbocycles. The summed E-state index contributed by atoms with van der Waals surface area (Å²) in [6, 6.07) is 16.1. The molecule has 0 bridgehead atoms. The van der Waals surface area contributed by atoms with Gasteiger partial charge in [-0.1, -0.05) is 0 Å². The molecule has 7 heteroatoms. The largest absolute Gasteiger partial charge is 0.335 e. The van der Waals surface area contributed by atoms with Crippen LogP contribution in [0.25, 0.3) is 5.69 Å². The molecule has 0 aliphatic heterocycles. The number of carbonyl (C=O) groups excluding carboxylic acids is 2. The van der Waals surface area contributed by atoms with Gasteiger partial charge in [-0.05, 0) is 67.4 Å². The fraction of sp³-hybridized carbons (Fsp3) is 0.150. The lowest BCUT2D eigenvalue weighted by Crippen LogP contribution is -2.30. The number of urea groups is 1. The third kappa shape index (κ3) is 4.33. The van der Waals surface area contributed by atoms with E-state index in [9.17, 15) is 9.59 Å². The Morgan fingerprint density at radius 2 is 1.59 bits per heavy atom. The Morgan fingerprint density at radius 3 is 2.19 bits per heavy atom. The zero-order chi connectivity index (χ0) is 18.6. The molecule has 1 aliphatic carbocycles. The predicted molar refractivity (Wildman–Crippen MR) is 103 cm³/mol. The first kappa shape index (κ1) is 16.8. The lowest BCUT2D eigenvalue weighted by Gasteiger charge is -2.09. The zero-order valence-corrected chi connectivity index (χ0v) is 14.6. The van der Waals surface area contributed by atoms with Crippen LogP contribution < -0.4 is 16.0 Å². The highest BCUT2D eigenvalue weighted by Gasteiger charge is 2.23. The summed E-state index contributed by atoms with van der Waals surface area (Å²) in [4.78, 5) is 24.1. The van der Waals surface area contributed by atoms with Gasteiger partial charge in [0.25, 0.3) is 5.91 Å². The Balaban J connectivity index is 1.35. The van der Waals surface area contributed by atoms with E-state index < -0.39 is 0 Å². The third-order valence-electron chi connectivity index (χ3n) is 4.21. The van der Waals surface area contributed by atoms with Crippen molar-refractivity contribution in [3.8, 4) is 5.69 Å². The highest BCUT2D eigenvalue weighted by Crippen LogP contribution is 2.19. The minimum absolute atomic E-state index is 0.200.